The zero-order chi connectivity index (χ0) is 14.1. The maximum absolute atomic E-state index is 11.1. The number of nitrogens with one attached hydrogen (secondary N) is 1. The van der Waals surface area contributed by atoms with Crippen molar-refractivity contribution in [3.8, 4) is 22.5 Å². The second-order valence-corrected chi connectivity index (χ2v) is 5.14. The molecule has 0 saturated carbocycles. The van der Waals surface area contributed by atoms with Gasteiger partial charge in [-0.1, -0.05) is 33.2 Å². The van der Waals surface area contributed by atoms with Crippen LogP contribution in [-0.2, 0) is 0 Å². The molecule has 20 heavy (non-hydrogen) atoms. The molecule has 0 aliphatic carbocycles. The lowest BCUT2D eigenvalue weighted by Crippen LogP contribution is -2.01. The fraction of sp³-hybridized carbons (Fsp3) is 0. The Morgan fingerprint density at radius 3 is 2.75 bits per heavy atom. The Labute approximate surface area is 122 Å². The number of halogens is 1. The van der Waals surface area contributed by atoms with E-state index in [0.29, 0.717) is 22.7 Å². The molecular formula is C14H10BrN3O2. The molecule has 0 spiro atoms. The quantitative estimate of drug-likeness (QED) is 0.755. The molecule has 0 saturated heterocycles. The standard InChI is InChI=1S/C14H10BrN3O2/c15-10-3-1-2-8(6-10)12-13(20-18-14(12)16)9-4-5-11(19)17-7-9/h1-7H,(H2,16,18)(H,17,19). The van der Waals surface area contributed by atoms with Crippen molar-refractivity contribution in [3.63, 3.8) is 0 Å². The molecule has 0 aliphatic heterocycles. The van der Waals surface area contributed by atoms with Crippen LogP contribution < -0.4 is 11.3 Å². The Balaban J connectivity index is 2.19. The second-order valence-electron chi connectivity index (χ2n) is 4.22. The zero-order valence-electron chi connectivity index (χ0n) is 10.3. The second kappa shape index (κ2) is 4.97. The summed E-state index contributed by atoms with van der Waals surface area (Å²) in [7, 11) is 0. The summed E-state index contributed by atoms with van der Waals surface area (Å²) in [6.07, 6.45) is 1.57. The van der Waals surface area contributed by atoms with E-state index in [4.69, 9.17) is 10.3 Å². The minimum absolute atomic E-state index is 0.176. The van der Waals surface area contributed by atoms with E-state index in [1.54, 1.807) is 12.3 Å². The molecule has 0 unspecified atom stereocenters. The van der Waals surface area contributed by atoms with Crippen LogP contribution in [-0.4, -0.2) is 10.1 Å². The predicted octanol–water partition coefficient (Wildman–Crippen LogP) is 3.04. The first-order valence-electron chi connectivity index (χ1n) is 5.85. The van der Waals surface area contributed by atoms with Gasteiger partial charge in [-0.15, -0.1) is 0 Å². The van der Waals surface area contributed by atoms with Crippen LogP contribution >= 0.6 is 15.9 Å². The molecule has 100 valence electrons. The largest absolute Gasteiger partial charge is 0.380 e. The number of nitrogen functional groups attached to an aromatic ring is 1. The Morgan fingerprint density at radius 1 is 1.20 bits per heavy atom. The summed E-state index contributed by atoms with van der Waals surface area (Å²) < 4.78 is 6.24. The van der Waals surface area contributed by atoms with Crippen LogP contribution in [0.5, 0.6) is 0 Å². The minimum atomic E-state index is -0.176. The summed E-state index contributed by atoms with van der Waals surface area (Å²) >= 11 is 3.42. The number of rotatable bonds is 2. The SMILES string of the molecule is Nc1noc(-c2ccc(=O)[nH]c2)c1-c1cccc(Br)c1. The smallest absolute Gasteiger partial charge is 0.247 e. The van der Waals surface area contributed by atoms with E-state index in [-0.39, 0.29) is 5.56 Å². The van der Waals surface area contributed by atoms with E-state index in [2.05, 4.69) is 26.1 Å². The summed E-state index contributed by atoms with van der Waals surface area (Å²) in [6, 6.07) is 10.8. The molecule has 3 aromatic rings. The number of hydrogen-bond donors (Lipinski definition) is 2. The third-order valence-electron chi connectivity index (χ3n) is 2.88. The van der Waals surface area contributed by atoms with Crippen LogP contribution in [0, 0.1) is 0 Å². The molecule has 6 heteroatoms. The first-order valence-corrected chi connectivity index (χ1v) is 6.64. The minimum Gasteiger partial charge on any atom is -0.380 e. The third-order valence-corrected chi connectivity index (χ3v) is 3.37. The molecule has 0 bridgehead atoms. The molecule has 3 N–H and O–H groups in total. The van der Waals surface area contributed by atoms with Crippen molar-refractivity contribution >= 4 is 21.7 Å². The Kier molecular flexibility index (Phi) is 3.15. The predicted molar refractivity (Wildman–Crippen MR) is 80.1 cm³/mol. The number of benzene rings is 1. The van der Waals surface area contributed by atoms with Crippen molar-refractivity contribution in [1.82, 2.24) is 10.1 Å². The number of nitrogens with two attached hydrogens (primary N) is 1. The molecule has 0 atom stereocenters. The Bertz CT molecular complexity index is 803. The molecule has 5 nitrogen and oxygen atoms in total. The molecule has 0 aliphatic rings. The third kappa shape index (κ3) is 2.25. The van der Waals surface area contributed by atoms with Crippen molar-refractivity contribution in [2.75, 3.05) is 5.73 Å². The summed E-state index contributed by atoms with van der Waals surface area (Å²) in [5, 5.41) is 3.82. The summed E-state index contributed by atoms with van der Waals surface area (Å²) in [6.45, 7) is 0. The zero-order valence-corrected chi connectivity index (χ0v) is 11.8. The van der Waals surface area contributed by atoms with Crippen molar-refractivity contribution in [3.05, 3.63) is 57.4 Å². The van der Waals surface area contributed by atoms with Gasteiger partial charge in [0, 0.05) is 22.3 Å². The van der Waals surface area contributed by atoms with Gasteiger partial charge < -0.3 is 15.2 Å². The molecule has 2 aromatic heterocycles. The van der Waals surface area contributed by atoms with Crippen LogP contribution in [0.2, 0.25) is 0 Å². The average Bonchev–Trinajstić information content (AvgIpc) is 2.81. The number of hydrogen-bond acceptors (Lipinski definition) is 4. The summed E-state index contributed by atoms with van der Waals surface area (Å²) in [4.78, 5) is 13.7. The highest BCUT2D eigenvalue weighted by atomic mass is 79.9. The van der Waals surface area contributed by atoms with E-state index in [1.165, 1.54) is 6.07 Å². The van der Waals surface area contributed by atoms with Gasteiger partial charge in [0.25, 0.3) is 0 Å². The van der Waals surface area contributed by atoms with Crippen molar-refractivity contribution < 1.29 is 4.52 Å². The molecule has 0 amide bonds. The van der Waals surface area contributed by atoms with Crippen LogP contribution in [0.3, 0.4) is 0 Å². The van der Waals surface area contributed by atoms with Crippen LogP contribution in [0.4, 0.5) is 5.82 Å². The first kappa shape index (κ1) is 12.7. The van der Waals surface area contributed by atoms with Gasteiger partial charge in [-0.05, 0) is 23.8 Å². The maximum Gasteiger partial charge on any atom is 0.247 e. The lowest BCUT2D eigenvalue weighted by Gasteiger charge is -2.03. The van der Waals surface area contributed by atoms with Gasteiger partial charge >= 0.3 is 0 Å². The highest BCUT2D eigenvalue weighted by Crippen LogP contribution is 2.36. The molecule has 2 heterocycles. The molecule has 0 fully saturated rings. The van der Waals surface area contributed by atoms with Gasteiger partial charge in [0.1, 0.15) is 0 Å². The summed E-state index contributed by atoms with van der Waals surface area (Å²) in [5.41, 5.74) is 8.03. The van der Waals surface area contributed by atoms with Crippen molar-refractivity contribution in [2.24, 2.45) is 0 Å². The summed E-state index contributed by atoms with van der Waals surface area (Å²) in [5.74, 6) is 0.834. The Hall–Kier alpha value is -2.34. The van der Waals surface area contributed by atoms with Gasteiger partial charge in [0.15, 0.2) is 11.6 Å². The van der Waals surface area contributed by atoms with Crippen LogP contribution in [0.1, 0.15) is 0 Å². The van der Waals surface area contributed by atoms with Crippen molar-refractivity contribution in [2.45, 2.75) is 0 Å². The van der Waals surface area contributed by atoms with Crippen LogP contribution in [0.15, 0.2) is 56.4 Å². The van der Waals surface area contributed by atoms with Crippen molar-refractivity contribution in [1.29, 1.82) is 0 Å². The first-order chi connectivity index (χ1) is 9.65. The topological polar surface area (TPSA) is 84.9 Å². The fourth-order valence-electron chi connectivity index (χ4n) is 1.97. The number of aromatic nitrogens is 2. The molecule has 3 rings (SSSR count). The number of H-pyrrole nitrogens is 1. The number of nitrogens with zero attached hydrogens (tertiary/aromatic N) is 1. The van der Waals surface area contributed by atoms with Gasteiger partial charge in [-0.25, -0.2) is 0 Å². The van der Waals surface area contributed by atoms with E-state index < -0.39 is 0 Å². The molecule has 1 aromatic carbocycles. The maximum atomic E-state index is 11.1. The van der Waals surface area contributed by atoms with Gasteiger partial charge in [0.2, 0.25) is 5.56 Å². The fourth-order valence-corrected chi connectivity index (χ4v) is 2.37. The normalized spacial score (nSPS) is 10.7. The van der Waals surface area contributed by atoms with E-state index in [0.717, 1.165) is 10.0 Å². The number of pyridine rings is 1. The van der Waals surface area contributed by atoms with E-state index in [9.17, 15) is 4.79 Å². The highest BCUT2D eigenvalue weighted by molar-refractivity contribution is 9.10. The van der Waals surface area contributed by atoms with E-state index in [1.807, 2.05) is 24.3 Å². The molecular weight excluding hydrogens is 322 g/mol. The number of aromatic amines is 1. The lowest BCUT2D eigenvalue weighted by molar-refractivity contribution is 0.436. The molecule has 0 radical (unpaired) electrons. The highest BCUT2D eigenvalue weighted by Gasteiger charge is 2.17. The monoisotopic (exact) mass is 331 g/mol. The average molecular weight is 332 g/mol. The Morgan fingerprint density at radius 2 is 2.05 bits per heavy atom. The van der Waals surface area contributed by atoms with Crippen LogP contribution in [0.25, 0.3) is 22.5 Å². The number of anilines is 1. The van der Waals surface area contributed by atoms with Gasteiger partial charge in [0.05, 0.1) is 5.56 Å². The van der Waals surface area contributed by atoms with Gasteiger partial charge in [-0.3, -0.25) is 4.79 Å². The van der Waals surface area contributed by atoms with E-state index >= 15 is 0 Å². The van der Waals surface area contributed by atoms with Gasteiger partial charge in [-0.2, -0.15) is 0 Å². The lowest BCUT2D eigenvalue weighted by atomic mass is 10.0.